The fraction of sp³-hybridized carbons (Fsp3) is 0.360. The summed E-state index contributed by atoms with van der Waals surface area (Å²) in [6.07, 6.45) is 2.09. The van der Waals surface area contributed by atoms with Gasteiger partial charge in [0, 0.05) is 16.1 Å². The zero-order valence-electron chi connectivity index (χ0n) is 18.1. The van der Waals surface area contributed by atoms with Crippen molar-refractivity contribution >= 4 is 35.1 Å². The molecule has 32 heavy (non-hydrogen) atoms. The number of carbonyl (C=O) groups excluding carboxylic acids is 4. The first-order valence-electron chi connectivity index (χ1n) is 10.8. The summed E-state index contributed by atoms with van der Waals surface area (Å²) in [6.45, 7) is 3.57. The topological polar surface area (TPSA) is 74.8 Å². The second kappa shape index (κ2) is 8.87. The van der Waals surface area contributed by atoms with E-state index in [9.17, 15) is 19.2 Å². The Kier molecular flexibility index (Phi) is 6.15. The van der Waals surface area contributed by atoms with Crippen molar-refractivity contribution < 1.29 is 19.2 Å². The van der Waals surface area contributed by atoms with Crippen molar-refractivity contribution in [1.29, 1.82) is 0 Å². The lowest BCUT2D eigenvalue weighted by Crippen LogP contribution is -2.52. The van der Waals surface area contributed by atoms with E-state index in [2.05, 4.69) is 6.92 Å². The van der Waals surface area contributed by atoms with E-state index in [1.54, 1.807) is 36.4 Å². The van der Waals surface area contributed by atoms with Gasteiger partial charge in [-0.3, -0.25) is 19.2 Å². The van der Waals surface area contributed by atoms with E-state index in [1.165, 1.54) is 12.1 Å². The lowest BCUT2D eigenvalue weighted by Gasteiger charge is -2.30. The molecule has 2 fully saturated rings. The molecular weight excluding hydrogens is 428 g/mol. The quantitative estimate of drug-likeness (QED) is 0.500. The predicted octanol–water partition coefficient (Wildman–Crippen LogP) is 4.31. The number of halogens is 1. The van der Waals surface area contributed by atoms with Crippen LogP contribution in [0.15, 0.2) is 48.5 Å². The minimum atomic E-state index is -0.587. The molecule has 6 nitrogen and oxygen atoms in total. The van der Waals surface area contributed by atoms with E-state index in [0.29, 0.717) is 29.3 Å². The van der Waals surface area contributed by atoms with Gasteiger partial charge in [-0.1, -0.05) is 48.4 Å². The van der Waals surface area contributed by atoms with Gasteiger partial charge in [0.25, 0.3) is 17.7 Å². The van der Waals surface area contributed by atoms with Gasteiger partial charge in [0.2, 0.25) is 0 Å². The Morgan fingerprint density at radius 3 is 2.19 bits per heavy atom. The van der Waals surface area contributed by atoms with Gasteiger partial charge in [-0.2, -0.15) is 5.01 Å². The van der Waals surface area contributed by atoms with E-state index in [0.717, 1.165) is 22.0 Å². The van der Waals surface area contributed by atoms with E-state index < -0.39 is 36.1 Å². The number of hydrazine groups is 1. The zero-order chi connectivity index (χ0) is 23.0. The molecule has 0 spiro atoms. The van der Waals surface area contributed by atoms with Crippen LogP contribution in [0.5, 0.6) is 0 Å². The zero-order valence-corrected chi connectivity index (χ0v) is 18.8. The third-order valence-electron chi connectivity index (χ3n) is 6.40. The van der Waals surface area contributed by atoms with Gasteiger partial charge in [-0.05, 0) is 56.4 Å². The largest absolute Gasteiger partial charge is 0.292 e. The van der Waals surface area contributed by atoms with Crippen LogP contribution in [0.1, 0.15) is 52.5 Å². The maximum absolute atomic E-state index is 13.4. The van der Waals surface area contributed by atoms with Gasteiger partial charge in [0.05, 0.1) is 11.8 Å². The number of amides is 3. The second-order valence-electron chi connectivity index (χ2n) is 8.78. The number of aryl methyl sites for hydroxylation is 1. The highest BCUT2D eigenvalue weighted by Crippen LogP contribution is 2.41. The number of Topliss-reactive ketones (excluding diaryl/α,β-unsaturated/α-hetero) is 1. The summed E-state index contributed by atoms with van der Waals surface area (Å²) in [5.41, 5.74) is 1.66. The minimum absolute atomic E-state index is 0.245. The molecule has 1 saturated heterocycles. The van der Waals surface area contributed by atoms with Crippen LogP contribution < -0.4 is 0 Å². The van der Waals surface area contributed by atoms with Gasteiger partial charge in [-0.15, -0.1) is 0 Å². The summed E-state index contributed by atoms with van der Waals surface area (Å²) < 4.78 is 0. The standard InChI is InChI=1S/C25H25ClN2O4/c1-15-3-6-17(7-4-15)22(29)14-27(23(30)18-8-10-19(26)11-9-18)28-24(31)20-12-5-16(2)13-21(20)25(28)32/h3-4,6-11,16,20-21H,5,12-14H2,1-2H3/t16-,20+,21+/m0/s1. The molecule has 2 aromatic carbocycles. The normalized spacial score (nSPS) is 22.6. The summed E-state index contributed by atoms with van der Waals surface area (Å²) in [5.74, 6) is -2.28. The van der Waals surface area contributed by atoms with Crippen molar-refractivity contribution in [2.45, 2.75) is 33.1 Å². The molecule has 1 aliphatic heterocycles. The molecule has 1 heterocycles. The molecular formula is C25H25ClN2O4. The SMILES string of the molecule is Cc1ccc(C(=O)CN(C(=O)c2ccc(Cl)cc2)N2C(=O)[C@@H]3CC[C@H](C)C[C@H]3C2=O)cc1. The van der Waals surface area contributed by atoms with E-state index in [-0.39, 0.29) is 11.3 Å². The van der Waals surface area contributed by atoms with Gasteiger partial charge < -0.3 is 0 Å². The van der Waals surface area contributed by atoms with Crippen LogP contribution in [0, 0.1) is 24.7 Å². The highest BCUT2D eigenvalue weighted by Gasteiger charge is 2.52. The summed E-state index contributed by atoms with van der Waals surface area (Å²) >= 11 is 5.95. The van der Waals surface area contributed by atoms with Crippen LogP contribution in [0.4, 0.5) is 0 Å². The first-order chi connectivity index (χ1) is 15.3. The highest BCUT2D eigenvalue weighted by molar-refractivity contribution is 6.30. The average molecular weight is 453 g/mol. The molecule has 0 unspecified atom stereocenters. The van der Waals surface area contributed by atoms with Crippen LogP contribution in [0.2, 0.25) is 5.02 Å². The molecule has 0 N–H and O–H groups in total. The monoisotopic (exact) mass is 452 g/mol. The predicted molar refractivity (Wildman–Crippen MR) is 120 cm³/mol. The number of fused-ring (bicyclic) bond motifs is 1. The Morgan fingerprint density at radius 1 is 0.938 bits per heavy atom. The fourth-order valence-corrected chi connectivity index (χ4v) is 4.68. The molecule has 2 aromatic rings. The summed E-state index contributed by atoms with van der Waals surface area (Å²) in [4.78, 5) is 52.9. The lowest BCUT2D eigenvalue weighted by atomic mass is 9.76. The molecule has 7 heteroatoms. The maximum atomic E-state index is 13.4. The highest BCUT2D eigenvalue weighted by atomic mass is 35.5. The number of hydrogen-bond donors (Lipinski definition) is 0. The first kappa shape index (κ1) is 22.2. The van der Waals surface area contributed by atoms with Crippen LogP contribution in [-0.4, -0.2) is 40.1 Å². The molecule has 3 atom stereocenters. The third kappa shape index (κ3) is 4.19. The number of carbonyl (C=O) groups is 4. The second-order valence-corrected chi connectivity index (χ2v) is 9.21. The molecule has 0 aromatic heterocycles. The maximum Gasteiger partial charge on any atom is 0.273 e. The average Bonchev–Trinajstić information content (AvgIpc) is 3.02. The summed E-state index contributed by atoms with van der Waals surface area (Å²) in [6, 6.07) is 13.1. The van der Waals surface area contributed by atoms with Crippen molar-refractivity contribution in [3.05, 3.63) is 70.2 Å². The van der Waals surface area contributed by atoms with Crippen LogP contribution >= 0.6 is 11.6 Å². The number of imide groups is 1. The fourth-order valence-electron chi connectivity index (χ4n) is 4.55. The van der Waals surface area contributed by atoms with Gasteiger partial charge in [0.15, 0.2) is 5.78 Å². The minimum Gasteiger partial charge on any atom is -0.292 e. The molecule has 4 rings (SSSR count). The van der Waals surface area contributed by atoms with Gasteiger partial charge in [-0.25, -0.2) is 5.01 Å². The Balaban J connectivity index is 1.68. The Labute approximate surface area is 192 Å². The van der Waals surface area contributed by atoms with Gasteiger partial charge in [0.1, 0.15) is 6.54 Å². The number of benzene rings is 2. The molecule has 2 aliphatic rings. The van der Waals surface area contributed by atoms with Crippen molar-refractivity contribution in [2.75, 3.05) is 6.54 Å². The third-order valence-corrected chi connectivity index (χ3v) is 6.65. The molecule has 1 aliphatic carbocycles. The summed E-state index contributed by atoms with van der Waals surface area (Å²) in [5, 5.41) is 2.40. The number of hydrogen-bond acceptors (Lipinski definition) is 4. The van der Waals surface area contributed by atoms with Crippen molar-refractivity contribution in [2.24, 2.45) is 17.8 Å². The lowest BCUT2D eigenvalue weighted by molar-refractivity contribution is -0.154. The Morgan fingerprint density at radius 2 is 1.53 bits per heavy atom. The molecule has 3 amide bonds. The number of nitrogens with zero attached hydrogens (tertiary/aromatic N) is 2. The van der Waals surface area contributed by atoms with E-state index in [1.807, 2.05) is 6.92 Å². The smallest absolute Gasteiger partial charge is 0.273 e. The molecule has 166 valence electrons. The molecule has 0 bridgehead atoms. The van der Waals surface area contributed by atoms with Gasteiger partial charge >= 0.3 is 0 Å². The molecule has 1 saturated carbocycles. The summed E-state index contributed by atoms with van der Waals surface area (Å²) in [7, 11) is 0. The van der Waals surface area contributed by atoms with Crippen LogP contribution in [0.25, 0.3) is 0 Å². The van der Waals surface area contributed by atoms with E-state index in [4.69, 9.17) is 11.6 Å². The Hall–Kier alpha value is -2.99. The van der Waals surface area contributed by atoms with E-state index >= 15 is 0 Å². The van der Waals surface area contributed by atoms with Crippen molar-refractivity contribution in [3.8, 4) is 0 Å². The van der Waals surface area contributed by atoms with Crippen molar-refractivity contribution in [1.82, 2.24) is 10.0 Å². The molecule has 0 radical (unpaired) electrons. The number of ketones is 1. The van der Waals surface area contributed by atoms with Crippen molar-refractivity contribution in [3.63, 3.8) is 0 Å². The number of rotatable bonds is 5. The first-order valence-corrected chi connectivity index (χ1v) is 11.2. The van der Waals surface area contributed by atoms with Crippen LogP contribution in [-0.2, 0) is 9.59 Å². The Bertz CT molecular complexity index is 1060. The van der Waals surface area contributed by atoms with Crippen LogP contribution in [0.3, 0.4) is 0 Å².